The Morgan fingerprint density at radius 3 is 2.54 bits per heavy atom. The lowest BCUT2D eigenvalue weighted by molar-refractivity contribution is -0.306. The van der Waals surface area contributed by atoms with Gasteiger partial charge in [-0.1, -0.05) is 0 Å². The Bertz CT molecular complexity index is 792. The van der Waals surface area contributed by atoms with Gasteiger partial charge in [0.05, 0.1) is 19.3 Å². The van der Waals surface area contributed by atoms with Crippen LogP contribution in [0.5, 0.6) is 0 Å². The molecule has 2 aliphatic rings. The fraction of sp³-hybridized carbons (Fsp3) is 0.750. The van der Waals surface area contributed by atoms with Gasteiger partial charge < -0.3 is 39.7 Å². The van der Waals surface area contributed by atoms with E-state index in [-0.39, 0.29) is 13.0 Å². The van der Waals surface area contributed by atoms with Gasteiger partial charge in [-0.05, 0) is 6.92 Å². The van der Waals surface area contributed by atoms with E-state index in [0.717, 1.165) is 4.57 Å². The molecular formula is C16H24N2O10. The van der Waals surface area contributed by atoms with Crippen LogP contribution in [-0.2, 0) is 14.2 Å². The zero-order valence-corrected chi connectivity index (χ0v) is 15.0. The van der Waals surface area contributed by atoms with Crippen molar-refractivity contribution in [2.75, 3.05) is 13.2 Å². The van der Waals surface area contributed by atoms with Crippen LogP contribution in [0.2, 0.25) is 0 Å². The minimum absolute atomic E-state index is 0.0636. The lowest BCUT2D eigenvalue weighted by Crippen LogP contribution is -2.59. The maximum atomic E-state index is 12.0. The van der Waals surface area contributed by atoms with Crippen LogP contribution in [0.25, 0.3) is 0 Å². The Morgan fingerprint density at radius 1 is 1.14 bits per heavy atom. The second-order valence-corrected chi connectivity index (χ2v) is 6.94. The molecule has 1 aromatic heterocycles. The third kappa shape index (κ3) is 4.04. The number of ether oxygens (including phenoxy) is 3. The first-order valence-corrected chi connectivity index (χ1v) is 8.80. The molecule has 28 heavy (non-hydrogen) atoms. The van der Waals surface area contributed by atoms with E-state index in [1.165, 1.54) is 13.1 Å². The molecule has 158 valence electrons. The molecule has 2 aliphatic heterocycles. The molecule has 2 saturated heterocycles. The van der Waals surface area contributed by atoms with Gasteiger partial charge in [0, 0.05) is 18.2 Å². The van der Waals surface area contributed by atoms with Crippen molar-refractivity contribution >= 4 is 0 Å². The van der Waals surface area contributed by atoms with Crippen LogP contribution in [0.15, 0.2) is 15.8 Å². The van der Waals surface area contributed by atoms with Crippen molar-refractivity contribution in [3.63, 3.8) is 0 Å². The first-order valence-electron chi connectivity index (χ1n) is 8.80. The Labute approximate surface area is 158 Å². The maximum absolute atomic E-state index is 12.0. The Kier molecular flexibility index (Phi) is 6.31. The van der Waals surface area contributed by atoms with Crippen LogP contribution in [0.4, 0.5) is 0 Å². The summed E-state index contributed by atoms with van der Waals surface area (Å²) in [5.41, 5.74) is -0.885. The molecule has 6 N–H and O–H groups in total. The maximum Gasteiger partial charge on any atom is 0.330 e. The molecule has 0 amide bonds. The third-order valence-corrected chi connectivity index (χ3v) is 4.93. The Morgan fingerprint density at radius 2 is 1.86 bits per heavy atom. The molecule has 2 fully saturated rings. The van der Waals surface area contributed by atoms with Crippen LogP contribution < -0.4 is 11.2 Å². The second kappa shape index (κ2) is 8.39. The Hall–Kier alpha value is -1.64. The van der Waals surface area contributed by atoms with E-state index in [4.69, 9.17) is 14.2 Å². The van der Waals surface area contributed by atoms with Gasteiger partial charge in [0.1, 0.15) is 36.7 Å². The van der Waals surface area contributed by atoms with Crippen molar-refractivity contribution in [1.29, 1.82) is 0 Å². The smallest absolute Gasteiger partial charge is 0.330 e. The molecule has 0 saturated carbocycles. The second-order valence-electron chi connectivity index (χ2n) is 6.94. The van der Waals surface area contributed by atoms with Crippen molar-refractivity contribution in [2.45, 2.75) is 62.5 Å². The molecule has 3 rings (SSSR count). The van der Waals surface area contributed by atoms with Crippen LogP contribution in [0, 0.1) is 6.92 Å². The first kappa shape index (κ1) is 21.1. The highest BCUT2D eigenvalue weighted by Gasteiger charge is 2.45. The van der Waals surface area contributed by atoms with E-state index in [2.05, 4.69) is 4.98 Å². The highest BCUT2D eigenvalue weighted by atomic mass is 16.7. The average Bonchev–Trinajstić information content (AvgIpc) is 3.02. The molecule has 8 atom stereocenters. The number of aliphatic hydroxyl groups is 5. The lowest BCUT2D eigenvalue weighted by Gasteiger charge is -2.39. The zero-order chi connectivity index (χ0) is 20.6. The van der Waals surface area contributed by atoms with Gasteiger partial charge >= 0.3 is 5.69 Å². The zero-order valence-electron chi connectivity index (χ0n) is 15.0. The summed E-state index contributed by atoms with van der Waals surface area (Å²) in [6.45, 7) is 0.682. The summed E-state index contributed by atoms with van der Waals surface area (Å²) in [4.78, 5) is 25.6. The number of aryl methyl sites for hydroxylation is 1. The van der Waals surface area contributed by atoms with Crippen LogP contribution >= 0.6 is 0 Å². The molecule has 0 bridgehead atoms. The number of rotatable bonds is 5. The minimum Gasteiger partial charge on any atom is -0.394 e. The molecule has 3 heterocycles. The van der Waals surface area contributed by atoms with Crippen molar-refractivity contribution in [3.8, 4) is 0 Å². The minimum atomic E-state index is -1.58. The van der Waals surface area contributed by atoms with Crippen molar-refractivity contribution in [2.24, 2.45) is 0 Å². The van der Waals surface area contributed by atoms with Gasteiger partial charge in [-0.25, -0.2) is 4.79 Å². The number of hydrogen-bond acceptors (Lipinski definition) is 10. The summed E-state index contributed by atoms with van der Waals surface area (Å²) in [5, 5.41) is 48.9. The number of hydrogen-bond donors (Lipinski definition) is 6. The number of nitrogens with zero attached hydrogens (tertiary/aromatic N) is 1. The van der Waals surface area contributed by atoms with Gasteiger partial charge in [0.2, 0.25) is 0 Å². The van der Waals surface area contributed by atoms with E-state index in [0.29, 0.717) is 5.56 Å². The van der Waals surface area contributed by atoms with Gasteiger partial charge in [0.25, 0.3) is 5.56 Å². The molecular weight excluding hydrogens is 380 g/mol. The van der Waals surface area contributed by atoms with Gasteiger partial charge in [-0.3, -0.25) is 14.3 Å². The van der Waals surface area contributed by atoms with E-state index in [1.54, 1.807) is 0 Å². The van der Waals surface area contributed by atoms with E-state index in [9.17, 15) is 35.1 Å². The molecule has 12 heteroatoms. The number of aromatic nitrogens is 2. The fourth-order valence-corrected chi connectivity index (χ4v) is 3.23. The van der Waals surface area contributed by atoms with Gasteiger partial charge in [-0.15, -0.1) is 0 Å². The number of aromatic amines is 1. The van der Waals surface area contributed by atoms with Crippen LogP contribution in [0.3, 0.4) is 0 Å². The summed E-state index contributed by atoms with van der Waals surface area (Å²) in [5.74, 6) is 0. The summed E-state index contributed by atoms with van der Waals surface area (Å²) < 4.78 is 17.4. The highest BCUT2D eigenvalue weighted by Crippen LogP contribution is 2.29. The summed E-state index contributed by atoms with van der Waals surface area (Å²) >= 11 is 0. The predicted octanol–water partition coefficient (Wildman–Crippen LogP) is -3.69. The fourth-order valence-electron chi connectivity index (χ4n) is 3.23. The van der Waals surface area contributed by atoms with Crippen LogP contribution in [0.1, 0.15) is 18.2 Å². The largest absolute Gasteiger partial charge is 0.394 e. The number of aliphatic hydroxyl groups excluding tert-OH is 5. The van der Waals surface area contributed by atoms with Gasteiger partial charge in [0.15, 0.2) is 6.29 Å². The normalized spacial score (nSPS) is 38.6. The number of H-pyrrole nitrogens is 1. The van der Waals surface area contributed by atoms with E-state index in [1.807, 2.05) is 0 Å². The van der Waals surface area contributed by atoms with Crippen molar-refractivity contribution in [1.82, 2.24) is 9.55 Å². The number of nitrogens with one attached hydrogen (secondary N) is 1. The first-order chi connectivity index (χ1) is 13.2. The standard InChI is InChI=1S/C16H24N2O10/c1-6-3-18(16(25)17-14(6)24)10-2-7(20)9(27-10)5-26-15-13(23)12(22)11(21)8(4-19)28-15/h3,7-13,15,19-23H,2,4-5H2,1H3,(H,17,24,25). The topological polar surface area (TPSA) is 184 Å². The molecule has 0 spiro atoms. The molecule has 12 nitrogen and oxygen atoms in total. The highest BCUT2D eigenvalue weighted by molar-refractivity contribution is 5.02. The van der Waals surface area contributed by atoms with E-state index >= 15 is 0 Å². The van der Waals surface area contributed by atoms with Crippen molar-refractivity contribution in [3.05, 3.63) is 32.6 Å². The van der Waals surface area contributed by atoms with Gasteiger partial charge in [-0.2, -0.15) is 0 Å². The molecule has 0 radical (unpaired) electrons. The molecule has 0 aromatic carbocycles. The Balaban J connectivity index is 1.64. The summed E-state index contributed by atoms with van der Waals surface area (Å²) in [6.07, 6.45) is -8.46. The van der Waals surface area contributed by atoms with Crippen molar-refractivity contribution < 1.29 is 39.7 Å². The van der Waals surface area contributed by atoms with Crippen LogP contribution in [-0.4, -0.2) is 91.2 Å². The SMILES string of the molecule is Cc1cn(C2CC(O)C(COC3OC(CO)C(O)C(O)C3O)O2)c(=O)[nH]c1=O. The summed E-state index contributed by atoms with van der Waals surface area (Å²) in [7, 11) is 0. The lowest BCUT2D eigenvalue weighted by atomic mass is 9.99. The quantitative estimate of drug-likeness (QED) is 0.286. The third-order valence-electron chi connectivity index (χ3n) is 4.93. The molecule has 8 unspecified atom stereocenters. The molecule has 0 aliphatic carbocycles. The summed E-state index contributed by atoms with van der Waals surface area (Å²) in [6, 6.07) is 0. The monoisotopic (exact) mass is 404 g/mol. The average molecular weight is 404 g/mol. The predicted molar refractivity (Wildman–Crippen MR) is 90.3 cm³/mol. The van der Waals surface area contributed by atoms with E-state index < -0.39 is 67.0 Å². The molecule has 1 aromatic rings.